The molecule has 4 aliphatic rings. The zero-order chi connectivity index (χ0) is 18.0. The van der Waals surface area contributed by atoms with Gasteiger partial charge < -0.3 is 10.0 Å². The van der Waals surface area contributed by atoms with Crippen molar-refractivity contribution in [3.8, 4) is 0 Å². The van der Waals surface area contributed by atoms with Gasteiger partial charge in [-0.2, -0.15) is 4.31 Å². The van der Waals surface area contributed by atoms with Crippen molar-refractivity contribution in [2.24, 2.45) is 5.41 Å². The third kappa shape index (κ3) is 2.23. The van der Waals surface area contributed by atoms with Crippen LogP contribution < -0.4 is 4.90 Å². The molecule has 3 saturated heterocycles. The van der Waals surface area contributed by atoms with Gasteiger partial charge in [-0.25, -0.2) is 8.42 Å². The Bertz CT molecular complexity index is 856. The van der Waals surface area contributed by atoms with Crippen LogP contribution in [0, 0.1) is 5.41 Å². The number of aliphatic carboxylic acids is 1. The standard InChI is InChI=1S/C17H20N2O5S/c1-16-9-17(10-16,15(21)22)19(11-16)25(23,24)13-6-4-12(5-7-13)18-8-2-3-14(18)20/h4-7H,2-3,8-11H2,1H3,(H,21,22). The summed E-state index contributed by atoms with van der Waals surface area (Å²) in [6.07, 6.45) is 2.02. The van der Waals surface area contributed by atoms with E-state index < -0.39 is 21.5 Å². The average molecular weight is 364 g/mol. The van der Waals surface area contributed by atoms with Gasteiger partial charge in [-0.05, 0) is 48.9 Å². The summed E-state index contributed by atoms with van der Waals surface area (Å²) in [5, 5.41) is 9.57. The second-order valence-electron chi connectivity index (χ2n) is 7.66. The number of nitrogens with zero attached hydrogens (tertiary/aromatic N) is 2. The van der Waals surface area contributed by atoms with Crippen LogP contribution in [0.4, 0.5) is 5.69 Å². The van der Waals surface area contributed by atoms with E-state index in [0.29, 0.717) is 31.5 Å². The summed E-state index contributed by atoms with van der Waals surface area (Å²) in [5.74, 6) is -1.04. The fraction of sp³-hybridized carbons (Fsp3) is 0.529. The van der Waals surface area contributed by atoms with Gasteiger partial charge in [0.2, 0.25) is 15.9 Å². The minimum absolute atomic E-state index is 0.0359. The Morgan fingerprint density at radius 3 is 2.36 bits per heavy atom. The molecule has 7 nitrogen and oxygen atoms in total. The number of anilines is 1. The van der Waals surface area contributed by atoms with Crippen molar-refractivity contribution in [1.29, 1.82) is 0 Å². The van der Waals surface area contributed by atoms with E-state index in [1.807, 2.05) is 6.92 Å². The molecule has 0 unspecified atom stereocenters. The van der Waals surface area contributed by atoms with Crippen molar-refractivity contribution < 1.29 is 23.1 Å². The number of rotatable bonds is 4. The lowest BCUT2D eigenvalue weighted by Crippen LogP contribution is -2.56. The minimum atomic E-state index is -3.89. The molecule has 1 aliphatic carbocycles. The predicted octanol–water partition coefficient (Wildman–Crippen LogP) is 1.44. The third-order valence-electron chi connectivity index (χ3n) is 5.65. The number of carboxylic acid groups (broad SMARTS) is 1. The highest BCUT2D eigenvalue weighted by molar-refractivity contribution is 7.89. The van der Waals surface area contributed by atoms with Gasteiger partial charge in [-0.1, -0.05) is 6.92 Å². The van der Waals surface area contributed by atoms with E-state index in [1.54, 1.807) is 17.0 Å². The molecule has 134 valence electrons. The molecule has 4 fully saturated rings. The van der Waals surface area contributed by atoms with Crippen molar-refractivity contribution >= 4 is 27.6 Å². The van der Waals surface area contributed by atoms with Crippen LogP contribution >= 0.6 is 0 Å². The molecule has 5 rings (SSSR count). The first-order valence-electron chi connectivity index (χ1n) is 8.35. The number of hydrogen-bond acceptors (Lipinski definition) is 4. The molecule has 0 aromatic heterocycles. The van der Waals surface area contributed by atoms with Crippen LogP contribution in [0.25, 0.3) is 0 Å². The summed E-state index contributed by atoms with van der Waals surface area (Å²) in [5.41, 5.74) is -0.892. The second kappa shape index (κ2) is 5.04. The predicted molar refractivity (Wildman–Crippen MR) is 89.6 cm³/mol. The van der Waals surface area contributed by atoms with Crippen LogP contribution in [0.3, 0.4) is 0 Å². The van der Waals surface area contributed by atoms with E-state index in [-0.39, 0.29) is 22.8 Å². The van der Waals surface area contributed by atoms with Crippen molar-refractivity contribution in [3.05, 3.63) is 24.3 Å². The lowest BCUT2D eigenvalue weighted by Gasteiger charge is -2.42. The topological polar surface area (TPSA) is 95.0 Å². The molecule has 1 amide bonds. The van der Waals surface area contributed by atoms with E-state index in [1.165, 1.54) is 12.1 Å². The monoisotopic (exact) mass is 364 g/mol. The van der Waals surface area contributed by atoms with Crippen molar-refractivity contribution in [1.82, 2.24) is 4.31 Å². The largest absolute Gasteiger partial charge is 0.480 e. The maximum atomic E-state index is 13.0. The molecule has 0 spiro atoms. The Morgan fingerprint density at radius 1 is 1.20 bits per heavy atom. The lowest BCUT2D eigenvalue weighted by atomic mass is 9.63. The van der Waals surface area contributed by atoms with E-state index in [4.69, 9.17) is 0 Å². The number of fused-ring (bicyclic) bond motifs is 1. The van der Waals surface area contributed by atoms with Crippen molar-refractivity contribution in [2.75, 3.05) is 18.0 Å². The molecule has 1 aromatic carbocycles. The zero-order valence-corrected chi connectivity index (χ0v) is 14.8. The van der Waals surface area contributed by atoms with E-state index >= 15 is 0 Å². The number of sulfonamides is 1. The van der Waals surface area contributed by atoms with Gasteiger partial charge in [-0.3, -0.25) is 9.59 Å². The fourth-order valence-electron chi connectivity index (χ4n) is 4.57. The zero-order valence-electron chi connectivity index (χ0n) is 13.9. The highest BCUT2D eigenvalue weighted by Crippen LogP contribution is 2.60. The molecule has 0 radical (unpaired) electrons. The molecule has 25 heavy (non-hydrogen) atoms. The number of benzene rings is 1. The quantitative estimate of drug-likeness (QED) is 0.872. The Labute approximate surface area is 146 Å². The maximum absolute atomic E-state index is 13.0. The summed E-state index contributed by atoms with van der Waals surface area (Å²) in [6, 6.07) is 6.16. The van der Waals surface area contributed by atoms with Crippen LogP contribution in [-0.2, 0) is 19.6 Å². The summed E-state index contributed by atoms with van der Waals surface area (Å²) in [7, 11) is -3.89. The first-order chi connectivity index (χ1) is 11.7. The number of carbonyl (C=O) groups is 2. The van der Waals surface area contributed by atoms with Gasteiger partial charge in [0.05, 0.1) is 4.90 Å². The van der Waals surface area contributed by atoms with Gasteiger partial charge in [0.1, 0.15) is 5.54 Å². The Kier molecular flexibility index (Phi) is 3.34. The summed E-state index contributed by atoms with van der Waals surface area (Å²) >= 11 is 0. The number of hydrogen-bond donors (Lipinski definition) is 1. The first-order valence-corrected chi connectivity index (χ1v) is 9.79. The number of carboxylic acids is 1. The maximum Gasteiger partial charge on any atom is 0.325 e. The SMILES string of the molecule is CC12CN(S(=O)(=O)c3ccc(N4CCCC4=O)cc3)C(C(=O)O)(C1)C2. The molecule has 2 bridgehead atoms. The smallest absolute Gasteiger partial charge is 0.325 e. The van der Waals surface area contributed by atoms with E-state index in [2.05, 4.69) is 0 Å². The minimum Gasteiger partial charge on any atom is -0.480 e. The molecule has 1 aromatic rings. The fourth-order valence-corrected chi connectivity index (χ4v) is 6.45. The average Bonchev–Trinajstić information content (AvgIpc) is 3.17. The van der Waals surface area contributed by atoms with Gasteiger partial charge in [0.15, 0.2) is 0 Å². The lowest BCUT2D eigenvalue weighted by molar-refractivity contribution is -0.151. The van der Waals surface area contributed by atoms with Gasteiger partial charge in [-0.15, -0.1) is 0 Å². The molecular weight excluding hydrogens is 344 g/mol. The normalized spacial score (nSPS) is 32.0. The Morgan fingerprint density at radius 2 is 1.84 bits per heavy atom. The summed E-state index contributed by atoms with van der Waals surface area (Å²) < 4.78 is 27.2. The highest BCUT2D eigenvalue weighted by Gasteiger charge is 2.70. The molecular formula is C17H20N2O5S. The van der Waals surface area contributed by atoms with Crippen molar-refractivity contribution in [3.63, 3.8) is 0 Å². The first kappa shape index (κ1) is 16.5. The molecule has 8 heteroatoms. The Balaban J connectivity index is 1.65. The third-order valence-corrected chi connectivity index (χ3v) is 7.58. The number of carbonyl (C=O) groups excluding carboxylic acids is 1. The van der Waals surface area contributed by atoms with Crippen LogP contribution in [0.1, 0.15) is 32.6 Å². The van der Waals surface area contributed by atoms with Crippen LogP contribution in [0.15, 0.2) is 29.2 Å². The van der Waals surface area contributed by atoms with Crippen LogP contribution in [0.5, 0.6) is 0 Å². The molecule has 3 heterocycles. The number of amides is 1. The summed E-state index contributed by atoms with van der Waals surface area (Å²) in [4.78, 5) is 25.2. The van der Waals surface area contributed by atoms with E-state index in [0.717, 1.165) is 10.7 Å². The second-order valence-corrected chi connectivity index (χ2v) is 9.52. The van der Waals surface area contributed by atoms with Gasteiger partial charge in [0.25, 0.3) is 0 Å². The van der Waals surface area contributed by atoms with Gasteiger partial charge in [0, 0.05) is 25.2 Å². The molecule has 0 atom stereocenters. The van der Waals surface area contributed by atoms with E-state index in [9.17, 15) is 23.1 Å². The highest BCUT2D eigenvalue weighted by atomic mass is 32.2. The molecule has 3 aliphatic heterocycles. The van der Waals surface area contributed by atoms with Crippen LogP contribution in [-0.4, -0.2) is 48.3 Å². The Hall–Kier alpha value is -1.93. The van der Waals surface area contributed by atoms with Crippen LogP contribution in [0.2, 0.25) is 0 Å². The summed E-state index contributed by atoms with van der Waals surface area (Å²) in [6.45, 7) is 2.79. The molecule has 1 saturated carbocycles. The van der Waals surface area contributed by atoms with Crippen molar-refractivity contribution in [2.45, 2.75) is 43.0 Å². The molecule has 1 N–H and O–H groups in total. The van der Waals surface area contributed by atoms with Gasteiger partial charge >= 0.3 is 5.97 Å².